The zero-order valence-electron chi connectivity index (χ0n) is 12.5. The number of phenolic OH excluding ortho intramolecular Hbond substituents is 2. The van der Waals surface area contributed by atoms with Gasteiger partial charge in [-0.2, -0.15) is 0 Å². The van der Waals surface area contributed by atoms with Crippen LogP contribution in [0.3, 0.4) is 0 Å². The summed E-state index contributed by atoms with van der Waals surface area (Å²) in [6.07, 6.45) is 0.863. The monoisotopic (exact) mass is 329 g/mol. The van der Waals surface area contributed by atoms with E-state index in [-0.39, 0.29) is 11.5 Å². The van der Waals surface area contributed by atoms with Crippen molar-refractivity contribution in [3.63, 3.8) is 0 Å². The van der Waals surface area contributed by atoms with Crippen molar-refractivity contribution in [1.82, 2.24) is 16.2 Å². The van der Waals surface area contributed by atoms with Crippen LogP contribution in [-0.2, 0) is 6.42 Å². The number of thiocarbonyl (C=S) groups is 1. The van der Waals surface area contributed by atoms with Crippen molar-refractivity contribution in [2.45, 2.75) is 6.42 Å². The molecule has 2 aromatic carbocycles. The summed E-state index contributed by atoms with van der Waals surface area (Å²) in [4.78, 5) is 0. The quantitative estimate of drug-likeness (QED) is 0.413. The molecule has 0 heterocycles. The number of nitrogens with one attached hydrogen (secondary N) is 3. The Hall–Kier alpha value is -2.73. The van der Waals surface area contributed by atoms with E-state index in [4.69, 9.17) is 12.2 Å². The Bertz CT molecular complexity index is 689. The van der Waals surface area contributed by atoms with Gasteiger partial charge in [0.2, 0.25) is 0 Å². The normalized spacial score (nSPS) is 9.91. The fourth-order valence-electron chi connectivity index (χ4n) is 1.98. The summed E-state index contributed by atoms with van der Waals surface area (Å²) in [5.41, 5.74) is 7.77. The van der Waals surface area contributed by atoms with Crippen LogP contribution in [-0.4, -0.2) is 21.9 Å². The summed E-state index contributed by atoms with van der Waals surface area (Å²) in [7, 11) is 0. The number of rotatable bonds is 6. The Labute approximate surface area is 140 Å². The van der Waals surface area contributed by atoms with Crippen molar-refractivity contribution >= 4 is 23.0 Å². The van der Waals surface area contributed by atoms with Gasteiger partial charge in [-0.3, -0.25) is 10.9 Å². The molecule has 0 aromatic heterocycles. The van der Waals surface area contributed by atoms with Crippen LogP contribution in [0.25, 0.3) is 5.70 Å². The predicted molar refractivity (Wildman–Crippen MR) is 95.8 cm³/mol. The molecule has 0 saturated carbocycles. The highest BCUT2D eigenvalue weighted by Gasteiger charge is 2.06. The van der Waals surface area contributed by atoms with Gasteiger partial charge in [-0.1, -0.05) is 36.9 Å². The summed E-state index contributed by atoms with van der Waals surface area (Å²) in [6, 6.07) is 14.4. The second-order valence-corrected chi connectivity index (χ2v) is 5.33. The van der Waals surface area contributed by atoms with Gasteiger partial charge in [0.05, 0.1) is 5.70 Å². The molecule has 23 heavy (non-hydrogen) atoms. The minimum Gasteiger partial charge on any atom is -0.508 e. The van der Waals surface area contributed by atoms with Crippen LogP contribution in [0.5, 0.6) is 11.5 Å². The third-order valence-electron chi connectivity index (χ3n) is 3.18. The van der Waals surface area contributed by atoms with E-state index in [9.17, 15) is 10.2 Å². The molecule has 0 unspecified atom stereocenters. The highest BCUT2D eigenvalue weighted by molar-refractivity contribution is 7.80. The minimum atomic E-state index is -0.0627. The lowest BCUT2D eigenvalue weighted by atomic mass is 10.1. The number of aromatic hydroxyl groups is 2. The first-order valence-corrected chi connectivity index (χ1v) is 7.52. The molecular weight excluding hydrogens is 310 g/mol. The molecule has 0 atom stereocenters. The van der Waals surface area contributed by atoms with E-state index in [0.717, 1.165) is 6.42 Å². The molecule has 0 aliphatic rings. The first-order valence-electron chi connectivity index (χ1n) is 7.11. The van der Waals surface area contributed by atoms with Crippen LogP contribution in [0.4, 0.5) is 0 Å². The summed E-state index contributed by atoms with van der Waals surface area (Å²) < 4.78 is 0. The van der Waals surface area contributed by atoms with E-state index in [1.165, 1.54) is 17.7 Å². The largest absolute Gasteiger partial charge is 0.508 e. The summed E-state index contributed by atoms with van der Waals surface area (Å²) in [6.45, 7) is 4.52. The predicted octanol–water partition coefficient (Wildman–Crippen LogP) is 2.28. The van der Waals surface area contributed by atoms with Crippen LogP contribution in [0.15, 0.2) is 55.1 Å². The standard InChI is InChI=1S/C17H19N3O2S/c1-12(15-8-7-14(21)11-16(15)22)19-20-17(23)18-10-9-13-5-3-2-4-6-13/h2-8,11,19,21-22H,1,9-10H2,(H2,18,20,23). The van der Waals surface area contributed by atoms with Gasteiger partial charge in [-0.05, 0) is 36.3 Å². The molecule has 120 valence electrons. The van der Waals surface area contributed by atoms with Crippen LogP contribution in [0.2, 0.25) is 0 Å². The third-order valence-corrected chi connectivity index (χ3v) is 3.42. The molecule has 0 saturated heterocycles. The van der Waals surface area contributed by atoms with E-state index in [1.807, 2.05) is 18.2 Å². The molecule has 5 N–H and O–H groups in total. The van der Waals surface area contributed by atoms with Crippen molar-refractivity contribution in [1.29, 1.82) is 0 Å². The second kappa shape index (κ2) is 8.05. The Morgan fingerprint density at radius 3 is 2.48 bits per heavy atom. The maximum Gasteiger partial charge on any atom is 0.185 e. The van der Waals surface area contributed by atoms with Crippen molar-refractivity contribution in [3.05, 3.63) is 66.2 Å². The van der Waals surface area contributed by atoms with Crippen molar-refractivity contribution in [2.75, 3.05) is 6.54 Å². The molecule has 6 heteroatoms. The summed E-state index contributed by atoms with van der Waals surface area (Å²) >= 11 is 5.16. The first kappa shape index (κ1) is 16.6. The molecule has 0 bridgehead atoms. The summed E-state index contributed by atoms with van der Waals surface area (Å²) in [5.74, 6) is -0.0719. The molecule has 5 nitrogen and oxygen atoms in total. The van der Waals surface area contributed by atoms with Crippen LogP contribution >= 0.6 is 12.2 Å². The Morgan fingerprint density at radius 1 is 1.04 bits per heavy atom. The molecule has 0 radical (unpaired) electrons. The molecule has 2 rings (SSSR count). The lowest BCUT2D eigenvalue weighted by Crippen LogP contribution is -2.43. The lowest BCUT2D eigenvalue weighted by molar-refractivity contribution is 0.449. The van der Waals surface area contributed by atoms with Gasteiger partial charge in [0.1, 0.15) is 11.5 Å². The number of benzene rings is 2. The van der Waals surface area contributed by atoms with E-state index in [1.54, 1.807) is 6.07 Å². The maximum atomic E-state index is 9.76. The molecule has 0 spiro atoms. The van der Waals surface area contributed by atoms with Gasteiger partial charge in [-0.15, -0.1) is 0 Å². The van der Waals surface area contributed by atoms with Crippen molar-refractivity contribution < 1.29 is 10.2 Å². The molecule has 0 aliphatic heterocycles. The SMILES string of the molecule is C=C(NNC(=S)NCCc1ccccc1)c1ccc(O)cc1O. The first-order chi connectivity index (χ1) is 11.1. The van der Waals surface area contributed by atoms with Crippen LogP contribution in [0.1, 0.15) is 11.1 Å². The number of hydrazine groups is 1. The average Bonchev–Trinajstić information content (AvgIpc) is 2.53. The number of hydrogen-bond donors (Lipinski definition) is 5. The molecule has 2 aromatic rings. The van der Waals surface area contributed by atoms with E-state index < -0.39 is 0 Å². The van der Waals surface area contributed by atoms with Gasteiger partial charge in [0.25, 0.3) is 0 Å². The maximum absolute atomic E-state index is 9.76. The van der Waals surface area contributed by atoms with E-state index in [0.29, 0.717) is 22.9 Å². The third kappa shape index (κ3) is 5.19. The minimum absolute atomic E-state index is 0.00916. The van der Waals surface area contributed by atoms with Gasteiger partial charge in [0, 0.05) is 18.2 Å². The summed E-state index contributed by atoms with van der Waals surface area (Å²) in [5, 5.41) is 22.5. The molecular formula is C17H19N3O2S. The van der Waals surface area contributed by atoms with Crippen molar-refractivity contribution in [2.24, 2.45) is 0 Å². The molecule has 0 fully saturated rings. The zero-order valence-corrected chi connectivity index (χ0v) is 13.4. The van der Waals surface area contributed by atoms with E-state index >= 15 is 0 Å². The second-order valence-electron chi connectivity index (χ2n) is 4.92. The lowest BCUT2D eigenvalue weighted by Gasteiger charge is -2.15. The Kier molecular flexibility index (Phi) is 5.82. The van der Waals surface area contributed by atoms with Gasteiger partial charge >= 0.3 is 0 Å². The Balaban J connectivity index is 1.74. The number of hydrogen-bond acceptors (Lipinski definition) is 4. The van der Waals surface area contributed by atoms with Gasteiger partial charge < -0.3 is 15.5 Å². The van der Waals surface area contributed by atoms with Crippen LogP contribution in [0, 0.1) is 0 Å². The van der Waals surface area contributed by atoms with Gasteiger partial charge in [0.15, 0.2) is 5.11 Å². The molecule has 0 aliphatic carbocycles. The fourth-order valence-corrected chi connectivity index (χ4v) is 2.14. The molecule has 0 amide bonds. The van der Waals surface area contributed by atoms with E-state index in [2.05, 4.69) is 34.9 Å². The van der Waals surface area contributed by atoms with Crippen LogP contribution < -0.4 is 16.2 Å². The zero-order chi connectivity index (χ0) is 16.7. The van der Waals surface area contributed by atoms with Crippen molar-refractivity contribution in [3.8, 4) is 11.5 Å². The highest BCUT2D eigenvalue weighted by atomic mass is 32.1. The Morgan fingerprint density at radius 2 is 1.78 bits per heavy atom. The topological polar surface area (TPSA) is 76.5 Å². The highest BCUT2D eigenvalue weighted by Crippen LogP contribution is 2.26. The smallest absolute Gasteiger partial charge is 0.185 e. The fraction of sp³-hybridized carbons (Fsp3) is 0.118. The van der Waals surface area contributed by atoms with Gasteiger partial charge in [-0.25, -0.2) is 0 Å². The average molecular weight is 329 g/mol. The number of phenols is 2.